The molecule has 2 aromatic carbocycles. The maximum Gasteiger partial charge on any atom is 0.276 e. The molecule has 0 atom stereocenters. The van der Waals surface area contributed by atoms with Crippen LogP contribution in [0.4, 0.5) is 11.4 Å². The molecule has 0 saturated heterocycles. The van der Waals surface area contributed by atoms with Gasteiger partial charge in [0.15, 0.2) is 0 Å². The van der Waals surface area contributed by atoms with Crippen molar-refractivity contribution in [1.82, 2.24) is 5.48 Å². The van der Waals surface area contributed by atoms with Gasteiger partial charge in [0.25, 0.3) is 11.8 Å². The van der Waals surface area contributed by atoms with Crippen molar-refractivity contribution in [3.63, 3.8) is 0 Å². The smallest absolute Gasteiger partial charge is 0.276 e. The van der Waals surface area contributed by atoms with Crippen LogP contribution in [0.2, 0.25) is 0 Å². The summed E-state index contributed by atoms with van der Waals surface area (Å²) in [5.74, 6) is -0.833. The molecule has 0 aliphatic rings. The highest BCUT2D eigenvalue weighted by atomic mass is 16.6. The van der Waals surface area contributed by atoms with Crippen LogP contribution in [-0.4, -0.2) is 18.9 Å². The third kappa shape index (κ3) is 3.37. The SMILES string of the molecule is CONC(=O)c1ccccc1NC(=O)c1ccccc1N. The summed E-state index contributed by atoms with van der Waals surface area (Å²) < 4.78 is 0. The quantitative estimate of drug-likeness (QED) is 0.590. The van der Waals surface area contributed by atoms with Gasteiger partial charge in [0.2, 0.25) is 0 Å². The summed E-state index contributed by atoms with van der Waals surface area (Å²) in [6.45, 7) is 0. The highest BCUT2D eigenvalue weighted by Crippen LogP contribution is 2.18. The first-order chi connectivity index (χ1) is 10.1. The first-order valence-electron chi connectivity index (χ1n) is 6.21. The first-order valence-corrected chi connectivity index (χ1v) is 6.21. The Morgan fingerprint density at radius 1 is 0.952 bits per heavy atom. The predicted octanol–water partition coefficient (Wildman–Crippen LogP) is 1.81. The molecule has 0 spiro atoms. The molecule has 0 saturated carbocycles. The number of nitrogens with two attached hydrogens (primary N) is 1. The molecule has 0 fully saturated rings. The van der Waals surface area contributed by atoms with Gasteiger partial charge in [-0.15, -0.1) is 0 Å². The van der Waals surface area contributed by atoms with Crippen LogP contribution in [0.3, 0.4) is 0 Å². The maximum atomic E-state index is 12.2. The number of nitrogens with one attached hydrogen (secondary N) is 2. The second kappa shape index (κ2) is 6.53. The van der Waals surface area contributed by atoms with Crippen molar-refractivity contribution in [2.24, 2.45) is 0 Å². The Kier molecular flexibility index (Phi) is 4.53. The number of nitrogen functional groups attached to an aromatic ring is 1. The summed E-state index contributed by atoms with van der Waals surface area (Å²) in [5.41, 5.74) is 9.36. The average molecular weight is 285 g/mol. The largest absolute Gasteiger partial charge is 0.398 e. The van der Waals surface area contributed by atoms with E-state index in [0.29, 0.717) is 22.5 Å². The molecule has 0 heterocycles. The summed E-state index contributed by atoms with van der Waals surface area (Å²) in [4.78, 5) is 28.6. The number of carbonyl (C=O) groups excluding carboxylic acids is 2. The second-order valence-corrected chi connectivity index (χ2v) is 4.22. The molecular weight excluding hydrogens is 270 g/mol. The number of anilines is 2. The Labute approximate surface area is 121 Å². The molecule has 0 aliphatic heterocycles. The van der Waals surface area contributed by atoms with Gasteiger partial charge in [-0.1, -0.05) is 24.3 Å². The number of hydrogen-bond donors (Lipinski definition) is 3. The van der Waals surface area contributed by atoms with Gasteiger partial charge in [-0.3, -0.25) is 14.4 Å². The van der Waals surface area contributed by atoms with E-state index in [1.54, 1.807) is 48.5 Å². The highest BCUT2D eigenvalue weighted by Gasteiger charge is 2.15. The Morgan fingerprint density at radius 2 is 1.57 bits per heavy atom. The van der Waals surface area contributed by atoms with Gasteiger partial charge in [0.1, 0.15) is 0 Å². The van der Waals surface area contributed by atoms with Crippen LogP contribution >= 0.6 is 0 Å². The fraction of sp³-hybridized carbons (Fsp3) is 0.0667. The minimum Gasteiger partial charge on any atom is -0.398 e. The number of hydroxylamine groups is 1. The molecule has 0 bridgehead atoms. The minimum absolute atomic E-state index is 0.294. The monoisotopic (exact) mass is 285 g/mol. The molecule has 108 valence electrons. The van der Waals surface area contributed by atoms with Crippen molar-refractivity contribution < 1.29 is 14.4 Å². The molecule has 21 heavy (non-hydrogen) atoms. The standard InChI is InChI=1S/C15H15N3O3/c1-21-18-15(20)11-7-3-5-9-13(11)17-14(19)10-6-2-4-8-12(10)16/h2-9H,16H2,1H3,(H,17,19)(H,18,20). The molecular formula is C15H15N3O3. The molecule has 0 aliphatic carbocycles. The van der Waals surface area contributed by atoms with E-state index in [4.69, 9.17) is 5.73 Å². The van der Waals surface area contributed by atoms with Gasteiger partial charge in [-0.2, -0.15) is 0 Å². The number of para-hydroxylation sites is 2. The fourth-order valence-electron chi connectivity index (χ4n) is 1.83. The van der Waals surface area contributed by atoms with Crippen molar-refractivity contribution in [3.05, 3.63) is 59.7 Å². The van der Waals surface area contributed by atoms with Crippen LogP contribution < -0.4 is 16.5 Å². The van der Waals surface area contributed by atoms with Gasteiger partial charge in [-0.05, 0) is 24.3 Å². The van der Waals surface area contributed by atoms with E-state index in [2.05, 4.69) is 15.6 Å². The van der Waals surface area contributed by atoms with Crippen LogP contribution in [0.15, 0.2) is 48.5 Å². The van der Waals surface area contributed by atoms with E-state index in [0.717, 1.165) is 0 Å². The van der Waals surface area contributed by atoms with Crippen molar-refractivity contribution in [2.45, 2.75) is 0 Å². The Hall–Kier alpha value is -2.86. The minimum atomic E-state index is -0.450. The normalized spacial score (nSPS) is 9.95. The van der Waals surface area contributed by atoms with Crippen LogP contribution in [-0.2, 0) is 4.84 Å². The number of rotatable bonds is 4. The molecule has 0 aromatic heterocycles. The van der Waals surface area contributed by atoms with Gasteiger partial charge in [-0.25, -0.2) is 5.48 Å². The molecule has 0 unspecified atom stereocenters. The van der Waals surface area contributed by atoms with Gasteiger partial charge < -0.3 is 11.1 Å². The zero-order valence-electron chi connectivity index (χ0n) is 11.4. The van der Waals surface area contributed by atoms with Crippen molar-refractivity contribution in [3.8, 4) is 0 Å². The van der Waals surface area contributed by atoms with Crippen LogP contribution in [0.25, 0.3) is 0 Å². The lowest BCUT2D eigenvalue weighted by Gasteiger charge is -2.11. The summed E-state index contributed by atoms with van der Waals surface area (Å²) in [6.07, 6.45) is 0. The molecule has 0 radical (unpaired) electrons. The topological polar surface area (TPSA) is 93.5 Å². The first kappa shape index (κ1) is 14.5. The Morgan fingerprint density at radius 3 is 2.24 bits per heavy atom. The van der Waals surface area contributed by atoms with E-state index >= 15 is 0 Å². The Bertz CT molecular complexity index is 671. The van der Waals surface area contributed by atoms with Gasteiger partial charge in [0, 0.05) is 5.69 Å². The lowest BCUT2D eigenvalue weighted by Crippen LogP contribution is -2.24. The molecule has 4 N–H and O–H groups in total. The van der Waals surface area contributed by atoms with E-state index < -0.39 is 5.91 Å². The van der Waals surface area contributed by atoms with E-state index in [-0.39, 0.29) is 5.91 Å². The maximum absolute atomic E-state index is 12.2. The van der Waals surface area contributed by atoms with Crippen LogP contribution in [0.5, 0.6) is 0 Å². The highest BCUT2D eigenvalue weighted by molar-refractivity contribution is 6.10. The zero-order valence-corrected chi connectivity index (χ0v) is 11.4. The second-order valence-electron chi connectivity index (χ2n) is 4.22. The van der Waals surface area contributed by atoms with Crippen LogP contribution in [0.1, 0.15) is 20.7 Å². The number of benzene rings is 2. The fourth-order valence-corrected chi connectivity index (χ4v) is 1.83. The number of amides is 2. The van der Waals surface area contributed by atoms with Crippen molar-refractivity contribution in [2.75, 3.05) is 18.2 Å². The predicted molar refractivity (Wildman–Crippen MR) is 79.7 cm³/mol. The van der Waals surface area contributed by atoms with Gasteiger partial charge in [0.05, 0.1) is 23.9 Å². The lowest BCUT2D eigenvalue weighted by molar-refractivity contribution is 0.0538. The average Bonchev–Trinajstić information content (AvgIpc) is 2.48. The Balaban J connectivity index is 2.26. The zero-order chi connectivity index (χ0) is 15.2. The van der Waals surface area contributed by atoms with Crippen molar-refractivity contribution >= 4 is 23.2 Å². The van der Waals surface area contributed by atoms with E-state index in [1.807, 2.05) is 0 Å². The molecule has 2 amide bonds. The van der Waals surface area contributed by atoms with Gasteiger partial charge >= 0.3 is 0 Å². The third-order valence-electron chi connectivity index (χ3n) is 2.82. The van der Waals surface area contributed by atoms with E-state index in [9.17, 15) is 9.59 Å². The number of hydrogen-bond acceptors (Lipinski definition) is 4. The molecule has 6 heteroatoms. The summed E-state index contributed by atoms with van der Waals surface area (Å²) >= 11 is 0. The molecule has 6 nitrogen and oxygen atoms in total. The summed E-state index contributed by atoms with van der Waals surface area (Å²) in [6, 6.07) is 13.3. The lowest BCUT2D eigenvalue weighted by atomic mass is 10.1. The summed E-state index contributed by atoms with van der Waals surface area (Å²) in [7, 11) is 1.34. The van der Waals surface area contributed by atoms with Crippen LogP contribution in [0, 0.1) is 0 Å². The summed E-state index contributed by atoms with van der Waals surface area (Å²) in [5, 5.41) is 2.67. The van der Waals surface area contributed by atoms with Crippen molar-refractivity contribution in [1.29, 1.82) is 0 Å². The third-order valence-corrected chi connectivity index (χ3v) is 2.82. The number of carbonyl (C=O) groups is 2. The van der Waals surface area contributed by atoms with E-state index in [1.165, 1.54) is 7.11 Å². The molecule has 2 rings (SSSR count). The molecule has 2 aromatic rings.